The van der Waals surface area contributed by atoms with E-state index in [0.717, 1.165) is 12.8 Å². The monoisotopic (exact) mass is 364 g/mol. The average molecular weight is 365 g/mol. The molecular formula is C19H40O6. The molecule has 0 bridgehead atoms. The molecular weight excluding hydrogens is 324 g/mol. The minimum Gasteiger partial charge on any atom is -0.394 e. The third-order valence-electron chi connectivity index (χ3n) is 3.80. The molecule has 0 radical (unpaired) electrons. The van der Waals surface area contributed by atoms with Crippen LogP contribution in [-0.2, 0) is 18.9 Å². The Morgan fingerprint density at radius 2 is 1.12 bits per heavy atom. The summed E-state index contributed by atoms with van der Waals surface area (Å²) in [4.78, 5) is 0. The van der Waals surface area contributed by atoms with Gasteiger partial charge >= 0.3 is 0 Å². The number of hydrogen-bond acceptors (Lipinski definition) is 6. The highest BCUT2D eigenvalue weighted by atomic mass is 16.6. The Labute approximate surface area is 153 Å². The van der Waals surface area contributed by atoms with Gasteiger partial charge in [0.1, 0.15) is 0 Å². The van der Waals surface area contributed by atoms with Crippen LogP contribution in [0.5, 0.6) is 0 Å². The largest absolute Gasteiger partial charge is 0.394 e. The van der Waals surface area contributed by atoms with Crippen molar-refractivity contribution in [1.82, 2.24) is 0 Å². The van der Waals surface area contributed by atoms with Gasteiger partial charge in [0.05, 0.1) is 65.6 Å². The Morgan fingerprint density at radius 1 is 0.640 bits per heavy atom. The molecule has 0 aliphatic rings. The van der Waals surface area contributed by atoms with E-state index < -0.39 is 0 Å². The summed E-state index contributed by atoms with van der Waals surface area (Å²) in [6.07, 6.45) is 9.29. The summed E-state index contributed by atoms with van der Waals surface area (Å²) >= 11 is 0. The number of aliphatic hydroxyl groups excluding tert-OH is 2. The molecule has 0 spiro atoms. The van der Waals surface area contributed by atoms with Crippen LogP contribution in [0.1, 0.15) is 58.3 Å². The zero-order valence-corrected chi connectivity index (χ0v) is 16.1. The highest BCUT2D eigenvalue weighted by Gasteiger charge is 2.04. The van der Waals surface area contributed by atoms with Crippen molar-refractivity contribution >= 4 is 0 Å². The lowest BCUT2D eigenvalue weighted by atomic mass is 10.1. The first kappa shape index (κ1) is 24.8. The Bertz CT molecular complexity index is 240. The Morgan fingerprint density at radius 3 is 1.68 bits per heavy atom. The molecule has 0 fully saturated rings. The van der Waals surface area contributed by atoms with E-state index in [1.54, 1.807) is 0 Å². The molecule has 0 saturated carbocycles. The van der Waals surface area contributed by atoms with Crippen LogP contribution in [0.4, 0.5) is 0 Å². The smallest absolute Gasteiger partial charge is 0.0773 e. The molecule has 0 aromatic carbocycles. The first-order chi connectivity index (χ1) is 12.3. The van der Waals surface area contributed by atoms with Gasteiger partial charge in [-0.05, 0) is 6.42 Å². The number of hydrogen-bond donors (Lipinski definition) is 2. The Balaban J connectivity index is 3.11. The van der Waals surface area contributed by atoms with Crippen LogP contribution in [0.3, 0.4) is 0 Å². The Hall–Kier alpha value is -0.240. The fourth-order valence-corrected chi connectivity index (χ4v) is 2.36. The molecule has 1 unspecified atom stereocenters. The SMILES string of the molecule is CCCCCCCCCC(O)COCCOCCOCCOCCO. The van der Waals surface area contributed by atoms with E-state index in [1.165, 1.54) is 38.5 Å². The van der Waals surface area contributed by atoms with Crippen LogP contribution >= 0.6 is 0 Å². The van der Waals surface area contributed by atoms with Gasteiger partial charge in [-0.15, -0.1) is 0 Å². The van der Waals surface area contributed by atoms with Crippen LogP contribution < -0.4 is 0 Å². The van der Waals surface area contributed by atoms with Gasteiger partial charge in [-0.25, -0.2) is 0 Å². The molecule has 0 aliphatic carbocycles. The van der Waals surface area contributed by atoms with Crippen LogP contribution in [0.2, 0.25) is 0 Å². The van der Waals surface area contributed by atoms with Crippen molar-refractivity contribution in [2.75, 3.05) is 59.5 Å². The third kappa shape index (κ3) is 21.7. The second-order valence-corrected chi connectivity index (χ2v) is 6.20. The quantitative estimate of drug-likeness (QED) is 0.305. The topological polar surface area (TPSA) is 77.4 Å². The van der Waals surface area contributed by atoms with E-state index in [0.29, 0.717) is 52.9 Å². The van der Waals surface area contributed by atoms with Crippen LogP contribution in [0.25, 0.3) is 0 Å². The maximum atomic E-state index is 9.84. The fraction of sp³-hybridized carbons (Fsp3) is 1.00. The molecule has 25 heavy (non-hydrogen) atoms. The summed E-state index contributed by atoms with van der Waals surface area (Å²) in [7, 11) is 0. The molecule has 0 saturated heterocycles. The van der Waals surface area contributed by atoms with Gasteiger partial charge in [0, 0.05) is 0 Å². The van der Waals surface area contributed by atoms with Crippen molar-refractivity contribution in [1.29, 1.82) is 0 Å². The van der Waals surface area contributed by atoms with Crippen molar-refractivity contribution in [3.8, 4) is 0 Å². The summed E-state index contributed by atoms with van der Waals surface area (Å²) in [5.74, 6) is 0. The van der Waals surface area contributed by atoms with Crippen molar-refractivity contribution in [2.45, 2.75) is 64.4 Å². The molecule has 2 N–H and O–H groups in total. The van der Waals surface area contributed by atoms with E-state index in [2.05, 4.69) is 6.92 Å². The van der Waals surface area contributed by atoms with Crippen molar-refractivity contribution in [2.24, 2.45) is 0 Å². The molecule has 0 heterocycles. The third-order valence-corrected chi connectivity index (χ3v) is 3.80. The lowest BCUT2D eigenvalue weighted by Crippen LogP contribution is -2.18. The van der Waals surface area contributed by atoms with Crippen LogP contribution in [0, 0.1) is 0 Å². The normalized spacial score (nSPS) is 12.6. The fourth-order valence-electron chi connectivity index (χ4n) is 2.36. The summed E-state index contributed by atoms with van der Waals surface area (Å²) in [5.41, 5.74) is 0. The van der Waals surface area contributed by atoms with Gasteiger partial charge in [-0.3, -0.25) is 0 Å². The zero-order chi connectivity index (χ0) is 18.4. The first-order valence-electron chi connectivity index (χ1n) is 9.91. The van der Waals surface area contributed by atoms with Crippen molar-refractivity contribution < 1.29 is 29.2 Å². The number of ether oxygens (including phenoxy) is 4. The highest BCUT2D eigenvalue weighted by Crippen LogP contribution is 2.09. The van der Waals surface area contributed by atoms with Crippen LogP contribution in [0.15, 0.2) is 0 Å². The minimum absolute atomic E-state index is 0.0385. The van der Waals surface area contributed by atoms with Crippen LogP contribution in [-0.4, -0.2) is 75.8 Å². The summed E-state index contributed by atoms with van der Waals surface area (Å²) in [6, 6.07) is 0. The van der Waals surface area contributed by atoms with E-state index in [1.807, 2.05) is 0 Å². The predicted molar refractivity (Wildman–Crippen MR) is 99.0 cm³/mol. The van der Waals surface area contributed by atoms with Gasteiger partial charge in [0.25, 0.3) is 0 Å². The van der Waals surface area contributed by atoms with E-state index in [9.17, 15) is 5.11 Å². The molecule has 6 heteroatoms. The molecule has 0 aromatic rings. The summed E-state index contributed by atoms with van der Waals surface area (Å²) < 4.78 is 21.2. The highest BCUT2D eigenvalue weighted by molar-refractivity contribution is 4.55. The van der Waals surface area contributed by atoms with Gasteiger partial charge in [0.15, 0.2) is 0 Å². The van der Waals surface area contributed by atoms with E-state index in [4.69, 9.17) is 24.1 Å². The van der Waals surface area contributed by atoms with Gasteiger partial charge in [-0.1, -0.05) is 51.9 Å². The maximum Gasteiger partial charge on any atom is 0.0773 e. The summed E-state index contributed by atoms with van der Waals surface area (Å²) in [6.45, 7) is 6.03. The van der Waals surface area contributed by atoms with E-state index >= 15 is 0 Å². The molecule has 0 amide bonds. The number of rotatable bonds is 21. The summed E-state index contributed by atoms with van der Waals surface area (Å²) in [5, 5.41) is 18.4. The zero-order valence-electron chi connectivity index (χ0n) is 16.1. The standard InChI is InChI=1S/C19H40O6/c1-2-3-4-5-6-7-8-9-19(21)18-25-17-16-24-15-14-23-13-12-22-11-10-20/h19-21H,2-18H2,1H3. The van der Waals surface area contributed by atoms with Gasteiger partial charge in [-0.2, -0.15) is 0 Å². The lowest BCUT2D eigenvalue weighted by Gasteiger charge is -2.11. The maximum absolute atomic E-state index is 9.84. The molecule has 152 valence electrons. The van der Waals surface area contributed by atoms with E-state index in [-0.39, 0.29) is 12.7 Å². The molecule has 0 rings (SSSR count). The minimum atomic E-state index is -0.363. The Kier molecular flexibility index (Phi) is 21.6. The predicted octanol–water partition coefficient (Wildman–Crippen LogP) is 2.55. The first-order valence-corrected chi connectivity index (χ1v) is 9.91. The second kappa shape index (κ2) is 21.8. The molecule has 1 atom stereocenters. The van der Waals surface area contributed by atoms with Gasteiger partial charge in [0.2, 0.25) is 0 Å². The average Bonchev–Trinajstić information content (AvgIpc) is 2.62. The second-order valence-electron chi connectivity index (χ2n) is 6.20. The van der Waals surface area contributed by atoms with Crippen molar-refractivity contribution in [3.05, 3.63) is 0 Å². The molecule has 0 aromatic heterocycles. The lowest BCUT2D eigenvalue weighted by molar-refractivity contribution is -0.0197. The molecule has 0 aliphatic heterocycles. The molecule has 6 nitrogen and oxygen atoms in total. The van der Waals surface area contributed by atoms with Gasteiger partial charge < -0.3 is 29.2 Å². The van der Waals surface area contributed by atoms with Crippen molar-refractivity contribution in [3.63, 3.8) is 0 Å². The number of unbranched alkanes of at least 4 members (excludes halogenated alkanes) is 6. The number of aliphatic hydroxyl groups is 2.